The molecular formula is C20H19FN2O3S. The number of ether oxygens (including phenoxy) is 1. The first kappa shape index (κ1) is 18.7. The standard InChI is InChI=1S/C20H19FN2O3S/c1-14-12-19(26-2)10-11-20(14)27(24,25)23-17-8-6-16(7-9-17)22-18-5-3-4-15(21)13-18/h3-13,22-23H,1-2H3. The fraction of sp³-hybridized carbons (Fsp3) is 0.100. The zero-order chi connectivity index (χ0) is 19.4. The number of benzene rings is 3. The Hall–Kier alpha value is -3.06. The van der Waals surface area contributed by atoms with Crippen LogP contribution < -0.4 is 14.8 Å². The quantitative estimate of drug-likeness (QED) is 0.645. The number of nitrogens with one attached hydrogen (secondary N) is 2. The van der Waals surface area contributed by atoms with Gasteiger partial charge >= 0.3 is 0 Å². The molecule has 0 bridgehead atoms. The summed E-state index contributed by atoms with van der Waals surface area (Å²) in [5.74, 6) is 0.262. The van der Waals surface area contributed by atoms with Crippen molar-refractivity contribution in [3.05, 3.63) is 78.1 Å². The molecule has 0 saturated heterocycles. The maximum absolute atomic E-state index is 13.2. The van der Waals surface area contributed by atoms with E-state index in [-0.39, 0.29) is 10.7 Å². The number of halogens is 1. The van der Waals surface area contributed by atoms with Crippen molar-refractivity contribution in [2.24, 2.45) is 0 Å². The largest absolute Gasteiger partial charge is 0.497 e. The van der Waals surface area contributed by atoms with Crippen molar-refractivity contribution >= 4 is 27.1 Å². The Balaban J connectivity index is 1.75. The summed E-state index contributed by atoms with van der Waals surface area (Å²) in [6.45, 7) is 1.71. The number of sulfonamides is 1. The van der Waals surface area contributed by atoms with Crippen LogP contribution >= 0.6 is 0 Å². The van der Waals surface area contributed by atoms with Gasteiger partial charge in [0.2, 0.25) is 0 Å². The minimum Gasteiger partial charge on any atom is -0.497 e. The number of hydrogen-bond donors (Lipinski definition) is 2. The molecule has 0 atom stereocenters. The predicted molar refractivity (Wildman–Crippen MR) is 105 cm³/mol. The van der Waals surface area contributed by atoms with Crippen LogP contribution in [0.1, 0.15) is 5.56 Å². The van der Waals surface area contributed by atoms with Gasteiger partial charge < -0.3 is 10.1 Å². The highest BCUT2D eigenvalue weighted by atomic mass is 32.2. The Labute approximate surface area is 157 Å². The summed E-state index contributed by atoms with van der Waals surface area (Å²) < 4.78 is 46.2. The van der Waals surface area contributed by atoms with E-state index >= 15 is 0 Å². The van der Waals surface area contributed by atoms with E-state index in [2.05, 4.69) is 10.0 Å². The van der Waals surface area contributed by atoms with Crippen molar-refractivity contribution in [2.45, 2.75) is 11.8 Å². The molecule has 0 amide bonds. The van der Waals surface area contributed by atoms with Crippen LogP contribution in [0.2, 0.25) is 0 Å². The number of anilines is 3. The van der Waals surface area contributed by atoms with Gasteiger partial charge in [0.15, 0.2) is 0 Å². The van der Waals surface area contributed by atoms with E-state index in [0.29, 0.717) is 28.4 Å². The molecule has 0 aliphatic rings. The van der Waals surface area contributed by atoms with Gasteiger partial charge in [-0.05, 0) is 73.2 Å². The SMILES string of the molecule is COc1ccc(S(=O)(=O)Nc2ccc(Nc3cccc(F)c3)cc2)c(C)c1. The molecule has 0 spiro atoms. The molecule has 0 radical (unpaired) electrons. The summed E-state index contributed by atoms with van der Waals surface area (Å²) in [6.07, 6.45) is 0. The molecule has 5 nitrogen and oxygen atoms in total. The van der Waals surface area contributed by atoms with Gasteiger partial charge in [0.05, 0.1) is 12.0 Å². The molecule has 27 heavy (non-hydrogen) atoms. The normalized spacial score (nSPS) is 11.1. The molecule has 0 fully saturated rings. The van der Waals surface area contributed by atoms with Gasteiger partial charge in [-0.2, -0.15) is 0 Å². The molecule has 0 heterocycles. The Bertz CT molecular complexity index is 1050. The zero-order valence-corrected chi connectivity index (χ0v) is 15.7. The van der Waals surface area contributed by atoms with E-state index in [9.17, 15) is 12.8 Å². The zero-order valence-electron chi connectivity index (χ0n) is 14.9. The van der Waals surface area contributed by atoms with Crippen molar-refractivity contribution in [1.82, 2.24) is 0 Å². The van der Waals surface area contributed by atoms with Crippen LogP contribution in [-0.4, -0.2) is 15.5 Å². The minimum atomic E-state index is -3.72. The molecule has 3 rings (SSSR count). The van der Waals surface area contributed by atoms with Gasteiger partial charge in [0.25, 0.3) is 10.0 Å². The molecule has 3 aromatic rings. The topological polar surface area (TPSA) is 67.4 Å². The molecule has 7 heteroatoms. The highest BCUT2D eigenvalue weighted by Gasteiger charge is 2.17. The first-order valence-corrected chi connectivity index (χ1v) is 9.66. The monoisotopic (exact) mass is 386 g/mol. The van der Waals surface area contributed by atoms with Gasteiger partial charge in [0.1, 0.15) is 11.6 Å². The average molecular weight is 386 g/mol. The minimum absolute atomic E-state index is 0.185. The van der Waals surface area contributed by atoms with Crippen LogP contribution in [0.25, 0.3) is 0 Å². The molecule has 0 saturated carbocycles. The lowest BCUT2D eigenvalue weighted by molar-refractivity contribution is 0.414. The maximum atomic E-state index is 13.2. The molecule has 0 aromatic heterocycles. The Morgan fingerprint density at radius 3 is 2.22 bits per heavy atom. The second-order valence-electron chi connectivity index (χ2n) is 5.95. The second-order valence-corrected chi connectivity index (χ2v) is 7.60. The third-order valence-electron chi connectivity index (χ3n) is 3.92. The van der Waals surface area contributed by atoms with Crippen LogP contribution in [0.15, 0.2) is 71.6 Å². The van der Waals surface area contributed by atoms with E-state index in [1.54, 1.807) is 55.5 Å². The smallest absolute Gasteiger partial charge is 0.262 e. The molecular weight excluding hydrogens is 367 g/mol. The summed E-state index contributed by atoms with van der Waals surface area (Å²) >= 11 is 0. The Morgan fingerprint density at radius 2 is 1.59 bits per heavy atom. The van der Waals surface area contributed by atoms with Crippen molar-refractivity contribution in [3.63, 3.8) is 0 Å². The molecule has 0 unspecified atom stereocenters. The molecule has 140 valence electrons. The van der Waals surface area contributed by atoms with E-state index in [1.165, 1.54) is 25.3 Å². The van der Waals surface area contributed by atoms with Crippen LogP contribution in [-0.2, 0) is 10.0 Å². The van der Waals surface area contributed by atoms with E-state index < -0.39 is 10.0 Å². The fourth-order valence-corrected chi connectivity index (χ4v) is 3.90. The summed E-state index contributed by atoms with van der Waals surface area (Å²) in [7, 11) is -2.19. The number of methoxy groups -OCH3 is 1. The van der Waals surface area contributed by atoms with E-state index in [1.807, 2.05) is 0 Å². The predicted octanol–water partition coefficient (Wildman–Crippen LogP) is 4.69. The highest BCUT2D eigenvalue weighted by Crippen LogP contribution is 2.25. The summed E-state index contributed by atoms with van der Waals surface area (Å²) in [4.78, 5) is 0.185. The van der Waals surface area contributed by atoms with Crippen molar-refractivity contribution in [2.75, 3.05) is 17.1 Å². The Kier molecular flexibility index (Phi) is 5.32. The van der Waals surface area contributed by atoms with Crippen LogP contribution in [0, 0.1) is 12.7 Å². The lowest BCUT2D eigenvalue weighted by Crippen LogP contribution is -2.14. The van der Waals surface area contributed by atoms with Crippen molar-refractivity contribution in [1.29, 1.82) is 0 Å². The number of hydrogen-bond acceptors (Lipinski definition) is 4. The van der Waals surface area contributed by atoms with E-state index in [0.717, 1.165) is 0 Å². The molecule has 0 aliphatic carbocycles. The first-order chi connectivity index (χ1) is 12.9. The summed E-state index contributed by atoms with van der Waals surface area (Å²) in [5.41, 5.74) is 2.34. The van der Waals surface area contributed by atoms with Crippen molar-refractivity contribution < 1.29 is 17.5 Å². The first-order valence-electron chi connectivity index (χ1n) is 8.17. The molecule has 2 N–H and O–H groups in total. The third kappa shape index (κ3) is 4.57. The van der Waals surface area contributed by atoms with Gasteiger partial charge in [-0.15, -0.1) is 0 Å². The van der Waals surface area contributed by atoms with Crippen molar-refractivity contribution in [3.8, 4) is 5.75 Å². The lowest BCUT2D eigenvalue weighted by atomic mass is 10.2. The van der Waals surface area contributed by atoms with Gasteiger partial charge in [0, 0.05) is 17.1 Å². The summed E-state index contributed by atoms with van der Waals surface area (Å²) in [5, 5.41) is 3.06. The lowest BCUT2D eigenvalue weighted by Gasteiger charge is -2.12. The third-order valence-corrected chi connectivity index (χ3v) is 5.46. The fourth-order valence-electron chi connectivity index (χ4n) is 2.62. The van der Waals surface area contributed by atoms with Gasteiger partial charge in [-0.1, -0.05) is 6.07 Å². The van der Waals surface area contributed by atoms with Crippen LogP contribution in [0.4, 0.5) is 21.5 Å². The highest BCUT2D eigenvalue weighted by molar-refractivity contribution is 7.92. The molecule has 0 aliphatic heterocycles. The molecule has 3 aromatic carbocycles. The van der Waals surface area contributed by atoms with Crippen LogP contribution in [0.3, 0.4) is 0 Å². The number of rotatable bonds is 6. The Morgan fingerprint density at radius 1 is 0.889 bits per heavy atom. The maximum Gasteiger partial charge on any atom is 0.262 e. The van der Waals surface area contributed by atoms with Gasteiger partial charge in [-0.3, -0.25) is 4.72 Å². The second kappa shape index (κ2) is 7.67. The average Bonchev–Trinajstić information content (AvgIpc) is 2.63. The summed E-state index contributed by atoms with van der Waals surface area (Å²) in [6, 6.07) is 17.6. The van der Waals surface area contributed by atoms with E-state index in [4.69, 9.17) is 4.74 Å². The number of aryl methyl sites for hydroxylation is 1. The van der Waals surface area contributed by atoms with Crippen LogP contribution in [0.5, 0.6) is 5.75 Å². The van der Waals surface area contributed by atoms with Gasteiger partial charge in [-0.25, -0.2) is 12.8 Å².